The third-order valence-electron chi connectivity index (χ3n) is 5.48. The molecule has 1 amide bonds. The van der Waals surface area contributed by atoms with E-state index in [0.717, 1.165) is 24.2 Å². The van der Waals surface area contributed by atoms with Crippen LogP contribution in [0.2, 0.25) is 0 Å². The number of aromatic nitrogens is 3. The fourth-order valence-corrected chi connectivity index (χ4v) is 4.09. The summed E-state index contributed by atoms with van der Waals surface area (Å²) in [5.74, 6) is -0.894. The monoisotopic (exact) mass is 342 g/mol. The predicted octanol–water partition coefficient (Wildman–Crippen LogP) is 1.84. The van der Waals surface area contributed by atoms with Gasteiger partial charge in [0.15, 0.2) is 5.65 Å². The van der Waals surface area contributed by atoms with Crippen LogP contribution in [0, 0.1) is 38.5 Å². The predicted molar refractivity (Wildman–Crippen MR) is 90.4 cm³/mol. The van der Waals surface area contributed by atoms with Crippen molar-refractivity contribution in [2.24, 2.45) is 17.8 Å². The first-order valence-corrected chi connectivity index (χ1v) is 8.72. The Kier molecular flexibility index (Phi) is 3.56. The van der Waals surface area contributed by atoms with Gasteiger partial charge in [0.2, 0.25) is 0 Å². The molecule has 2 aliphatic rings. The van der Waals surface area contributed by atoms with Crippen LogP contribution in [-0.2, 0) is 4.79 Å². The molecule has 0 unspecified atom stereocenters. The summed E-state index contributed by atoms with van der Waals surface area (Å²) in [5.41, 5.74) is 3.44. The van der Waals surface area contributed by atoms with E-state index in [1.165, 1.54) is 0 Å². The Morgan fingerprint density at radius 3 is 2.56 bits per heavy atom. The lowest BCUT2D eigenvalue weighted by atomic mass is 9.92. The van der Waals surface area contributed by atoms with Crippen molar-refractivity contribution in [1.82, 2.24) is 19.5 Å². The van der Waals surface area contributed by atoms with E-state index in [1.807, 2.05) is 19.9 Å². The molecular weight excluding hydrogens is 320 g/mol. The normalized spacial score (nSPS) is 23.4. The van der Waals surface area contributed by atoms with E-state index in [2.05, 4.69) is 10.1 Å². The van der Waals surface area contributed by atoms with E-state index < -0.39 is 11.9 Å². The summed E-state index contributed by atoms with van der Waals surface area (Å²) in [6.07, 6.45) is 2.15. The van der Waals surface area contributed by atoms with Crippen LogP contribution in [0.4, 0.5) is 0 Å². The number of aryl methyl sites for hydroxylation is 3. The number of hydrogen-bond donors (Lipinski definition) is 1. The summed E-state index contributed by atoms with van der Waals surface area (Å²) >= 11 is 0. The van der Waals surface area contributed by atoms with Gasteiger partial charge in [-0.15, -0.1) is 0 Å². The molecule has 0 spiro atoms. The minimum Gasteiger partial charge on any atom is -0.481 e. The number of nitrogens with zero attached hydrogens (tertiary/aromatic N) is 4. The Morgan fingerprint density at radius 1 is 1.20 bits per heavy atom. The third-order valence-corrected chi connectivity index (χ3v) is 5.48. The van der Waals surface area contributed by atoms with Gasteiger partial charge < -0.3 is 10.0 Å². The molecule has 2 aromatic heterocycles. The first kappa shape index (κ1) is 16.1. The summed E-state index contributed by atoms with van der Waals surface area (Å²) in [5, 5.41) is 14.0. The quantitative estimate of drug-likeness (QED) is 0.919. The Balaban J connectivity index is 1.71. The van der Waals surface area contributed by atoms with Gasteiger partial charge in [-0.3, -0.25) is 9.59 Å². The summed E-state index contributed by atoms with van der Waals surface area (Å²) in [7, 11) is 0. The van der Waals surface area contributed by atoms with Crippen LogP contribution < -0.4 is 0 Å². The molecule has 2 atom stereocenters. The molecule has 2 aromatic rings. The van der Waals surface area contributed by atoms with E-state index >= 15 is 0 Å². The van der Waals surface area contributed by atoms with Crippen LogP contribution >= 0.6 is 0 Å². The summed E-state index contributed by atoms with van der Waals surface area (Å²) in [4.78, 5) is 31.0. The summed E-state index contributed by atoms with van der Waals surface area (Å²) < 4.78 is 1.69. The molecule has 4 rings (SSSR count). The number of hydrogen-bond acceptors (Lipinski definition) is 4. The molecule has 7 nitrogen and oxygen atoms in total. The number of fused-ring (bicyclic) bond motifs is 1. The molecule has 2 fully saturated rings. The molecule has 1 saturated heterocycles. The minimum atomic E-state index is -0.798. The highest BCUT2D eigenvalue weighted by Crippen LogP contribution is 2.44. The zero-order valence-electron chi connectivity index (χ0n) is 14.7. The van der Waals surface area contributed by atoms with Crippen molar-refractivity contribution in [3.63, 3.8) is 0 Å². The molecule has 1 aliphatic heterocycles. The number of aliphatic carboxylic acids is 1. The molecule has 3 heterocycles. The van der Waals surface area contributed by atoms with Crippen molar-refractivity contribution >= 4 is 17.5 Å². The van der Waals surface area contributed by atoms with Gasteiger partial charge in [-0.1, -0.05) is 0 Å². The first-order valence-electron chi connectivity index (χ1n) is 8.72. The maximum atomic E-state index is 13.2. The number of carbonyl (C=O) groups excluding carboxylic acids is 1. The van der Waals surface area contributed by atoms with Crippen molar-refractivity contribution in [3.8, 4) is 0 Å². The molecule has 1 N–H and O–H groups in total. The van der Waals surface area contributed by atoms with Gasteiger partial charge in [0.25, 0.3) is 5.91 Å². The van der Waals surface area contributed by atoms with Crippen molar-refractivity contribution in [1.29, 1.82) is 0 Å². The second-order valence-electron chi connectivity index (χ2n) is 7.39. The van der Waals surface area contributed by atoms with Crippen LogP contribution in [0.3, 0.4) is 0 Å². The van der Waals surface area contributed by atoms with Gasteiger partial charge in [0, 0.05) is 24.5 Å². The van der Waals surface area contributed by atoms with Gasteiger partial charge in [0.1, 0.15) is 5.56 Å². The highest BCUT2D eigenvalue weighted by molar-refractivity contribution is 6.01. The van der Waals surface area contributed by atoms with Crippen LogP contribution in [0.15, 0.2) is 6.07 Å². The van der Waals surface area contributed by atoms with Gasteiger partial charge in [0.05, 0.1) is 11.6 Å². The number of carboxylic acids is 1. The topological polar surface area (TPSA) is 87.8 Å². The lowest BCUT2D eigenvalue weighted by Crippen LogP contribution is -2.30. The van der Waals surface area contributed by atoms with Gasteiger partial charge in [-0.25, -0.2) is 9.50 Å². The summed E-state index contributed by atoms with van der Waals surface area (Å²) in [6.45, 7) is 6.42. The Hall–Kier alpha value is -2.44. The minimum absolute atomic E-state index is 0.0695. The zero-order chi connectivity index (χ0) is 17.9. The SMILES string of the molecule is Cc1cc(C)n2nc(C)c(C(=O)N3C[C@H](C(=O)O)[C@@H](C4CC4)C3)c2n1. The van der Waals surface area contributed by atoms with Gasteiger partial charge in [-0.2, -0.15) is 5.10 Å². The standard InChI is InChI=1S/C18H22N4O3/c1-9-6-10(2)22-16(19-9)15(11(3)20-22)17(23)21-7-13(12-4-5-12)14(8-21)18(24)25/h6,12-14H,4-5,7-8H2,1-3H3,(H,24,25)/t13-,14+/m1/s1. The Bertz CT molecular complexity index is 884. The van der Waals surface area contributed by atoms with E-state index in [-0.39, 0.29) is 18.4 Å². The number of likely N-dealkylation sites (tertiary alicyclic amines) is 1. The van der Waals surface area contributed by atoms with E-state index in [0.29, 0.717) is 29.4 Å². The lowest BCUT2D eigenvalue weighted by Gasteiger charge is -2.16. The number of rotatable bonds is 3. The van der Waals surface area contributed by atoms with Crippen LogP contribution in [-0.4, -0.2) is 49.6 Å². The average molecular weight is 342 g/mol. The molecule has 0 radical (unpaired) electrons. The molecule has 0 aromatic carbocycles. The Morgan fingerprint density at radius 2 is 1.92 bits per heavy atom. The number of carbonyl (C=O) groups is 2. The van der Waals surface area contributed by atoms with Gasteiger partial charge >= 0.3 is 5.97 Å². The highest BCUT2D eigenvalue weighted by atomic mass is 16.4. The fourth-order valence-electron chi connectivity index (χ4n) is 4.09. The maximum absolute atomic E-state index is 13.2. The van der Waals surface area contributed by atoms with E-state index in [4.69, 9.17) is 0 Å². The van der Waals surface area contributed by atoms with Crippen LogP contribution in [0.25, 0.3) is 5.65 Å². The first-order chi connectivity index (χ1) is 11.9. The largest absolute Gasteiger partial charge is 0.481 e. The molecule has 0 bridgehead atoms. The second-order valence-corrected chi connectivity index (χ2v) is 7.39. The Labute approximate surface area is 145 Å². The molecule has 132 valence electrons. The smallest absolute Gasteiger partial charge is 0.308 e. The number of amides is 1. The second kappa shape index (κ2) is 5.54. The molecular formula is C18H22N4O3. The van der Waals surface area contributed by atoms with Crippen molar-refractivity contribution in [2.45, 2.75) is 33.6 Å². The number of carboxylic acid groups (broad SMARTS) is 1. The van der Waals surface area contributed by atoms with Crippen molar-refractivity contribution < 1.29 is 14.7 Å². The lowest BCUT2D eigenvalue weighted by molar-refractivity contribution is -0.142. The van der Waals surface area contributed by atoms with Crippen molar-refractivity contribution in [3.05, 3.63) is 28.7 Å². The third kappa shape index (κ3) is 2.58. The zero-order valence-corrected chi connectivity index (χ0v) is 14.7. The molecule has 1 saturated carbocycles. The van der Waals surface area contributed by atoms with Crippen molar-refractivity contribution in [2.75, 3.05) is 13.1 Å². The van der Waals surface area contributed by atoms with Gasteiger partial charge in [-0.05, 0) is 51.5 Å². The molecule has 1 aliphatic carbocycles. The fraction of sp³-hybridized carbons (Fsp3) is 0.556. The van der Waals surface area contributed by atoms with E-state index in [1.54, 1.807) is 16.3 Å². The summed E-state index contributed by atoms with van der Waals surface area (Å²) in [6, 6.07) is 1.92. The molecule has 7 heteroatoms. The highest BCUT2D eigenvalue weighted by Gasteiger charge is 2.47. The maximum Gasteiger partial charge on any atom is 0.308 e. The van der Waals surface area contributed by atoms with Crippen LogP contribution in [0.1, 0.15) is 40.3 Å². The average Bonchev–Trinajstić information content (AvgIpc) is 3.18. The van der Waals surface area contributed by atoms with Crippen LogP contribution in [0.5, 0.6) is 0 Å². The van der Waals surface area contributed by atoms with E-state index in [9.17, 15) is 14.7 Å². The molecule has 25 heavy (non-hydrogen) atoms.